The molecule has 1 aromatic heterocycles. The third-order valence-electron chi connectivity index (χ3n) is 5.93. The van der Waals surface area contributed by atoms with Gasteiger partial charge in [-0.1, -0.05) is 12.1 Å². The lowest BCUT2D eigenvalue weighted by molar-refractivity contribution is 0.0283. The number of hydrogen-bond donors (Lipinski definition) is 1. The van der Waals surface area contributed by atoms with Crippen LogP contribution in [0.15, 0.2) is 54.9 Å². The molecule has 2 atom stereocenters. The van der Waals surface area contributed by atoms with Crippen molar-refractivity contribution in [3.63, 3.8) is 0 Å². The molecule has 0 spiro atoms. The highest BCUT2D eigenvalue weighted by atomic mass is 16.5. The fraction of sp³-hybridized carbons (Fsp3) is 0.333. The van der Waals surface area contributed by atoms with Crippen LogP contribution in [-0.2, 0) is 6.42 Å². The molecule has 0 saturated carbocycles. The summed E-state index contributed by atoms with van der Waals surface area (Å²) < 4.78 is 7.68. The van der Waals surface area contributed by atoms with Crippen molar-refractivity contribution < 1.29 is 14.6 Å². The Labute approximate surface area is 183 Å². The van der Waals surface area contributed by atoms with Crippen LogP contribution in [0, 0.1) is 6.92 Å². The summed E-state index contributed by atoms with van der Waals surface area (Å²) in [6, 6.07) is 13.4. The molecule has 158 valence electrons. The highest BCUT2D eigenvalue weighted by molar-refractivity contribution is 6.14. The molecule has 7 heteroatoms. The molecule has 0 saturated heterocycles. The Bertz CT molecular complexity index is 1070. The molecule has 1 amide bonds. The van der Waals surface area contributed by atoms with Crippen LogP contribution in [-0.4, -0.2) is 58.2 Å². The van der Waals surface area contributed by atoms with Gasteiger partial charge in [0.2, 0.25) is 0 Å². The van der Waals surface area contributed by atoms with Gasteiger partial charge in [0.1, 0.15) is 20.2 Å². The van der Waals surface area contributed by atoms with Gasteiger partial charge in [-0.25, -0.2) is 4.68 Å². The molecule has 2 aromatic carbocycles. The number of aryl methyl sites for hydroxylation is 1. The lowest BCUT2D eigenvalue weighted by Gasteiger charge is -2.36. The van der Waals surface area contributed by atoms with Gasteiger partial charge in [-0.15, -0.1) is 0 Å². The molecule has 0 aliphatic carbocycles. The number of carbonyl (C=O) groups is 1. The van der Waals surface area contributed by atoms with Crippen LogP contribution in [0.3, 0.4) is 0 Å². The number of nitrogens with zero attached hydrogens (tertiary/aromatic N) is 3. The minimum absolute atomic E-state index is 0.180. The Morgan fingerprint density at radius 1 is 1.29 bits per heavy atom. The van der Waals surface area contributed by atoms with E-state index in [0.717, 1.165) is 22.4 Å². The summed E-state index contributed by atoms with van der Waals surface area (Å²) >= 11 is 0. The van der Waals surface area contributed by atoms with E-state index in [2.05, 4.69) is 17.2 Å². The maximum absolute atomic E-state index is 13.3. The normalized spacial score (nSPS) is 16.8. The van der Waals surface area contributed by atoms with Gasteiger partial charge in [-0.3, -0.25) is 4.79 Å². The largest absolute Gasteiger partial charge is 0.491 e. The Hall–Kier alpha value is -3.06. The molecule has 0 bridgehead atoms. The molecular weight excluding hydrogens is 389 g/mol. The number of ether oxygens (including phenoxy) is 1. The first-order valence-corrected chi connectivity index (χ1v) is 10.4. The van der Waals surface area contributed by atoms with E-state index in [1.807, 2.05) is 48.1 Å². The Morgan fingerprint density at radius 2 is 2.03 bits per heavy atom. The number of benzene rings is 2. The van der Waals surface area contributed by atoms with E-state index in [1.54, 1.807) is 18.0 Å². The molecule has 2 unspecified atom stereocenters. The van der Waals surface area contributed by atoms with Crippen LogP contribution in [0.4, 0.5) is 0 Å². The monoisotopic (exact) mass is 415 g/mol. The summed E-state index contributed by atoms with van der Waals surface area (Å²) in [5.41, 5.74) is 3.25. The van der Waals surface area contributed by atoms with Crippen LogP contribution < -0.4 is 4.74 Å². The molecule has 0 fully saturated rings. The van der Waals surface area contributed by atoms with E-state index in [4.69, 9.17) is 12.6 Å². The molecule has 6 nitrogen and oxygen atoms in total. The van der Waals surface area contributed by atoms with Gasteiger partial charge < -0.3 is 14.7 Å². The Kier molecular flexibility index (Phi) is 5.62. The number of aromatic nitrogens is 2. The van der Waals surface area contributed by atoms with E-state index in [9.17, 15) is 9.90 Å². The molecule has 3 aromatic rings. The van der Waals surface area contributed by atoms with Gasteiger partial charge in [0.05, 0.1) is 17.8 Å². The van der Waals surface area contributed by atoms with Crippen molar-refractivity contribution in [1.82, 2.24) is 14.7 Å². The standard InChI is InChI=1S/C24H26BN3O3/c1-16-13-22-21(23(29)27(11-12-31-22)17(2)24(3,25)30)15-19(16)14-18-5-7-20(8-6-18)28-10-4-9-26-28/h4-10,13,15,17,30H,11-12,14H2,1-3H3. The van der Waals surface area contributed by atoms with Crippen molar-refractivity contribution in [1.29, 1.82) is 0 Å². The van der Waals surface area contributed by atoms with Crippen molar-refractivity contribution >= 4 is 13.8 Å². The number of hydrogen-bond acceptors (Lipinski definition) is 4. The summed E-state index contributed by atoms with van der Waals surface area (Å²) in [4.78, 5) is 14.9. The Balaban J connectivity index is 1.62. The van der Waals surface area contributed by atoms with E-state index >= 15 is 0 Å². The summed E-state index contributed by atoms with van der Waals surface area (Å²) in [6.07, 6.45) is 4.35. The zero-order chi connectivity index (χ0) is 22.2. The summed E-state index contributed by atoms with van der Waals surface area (Å²) in [6.45, 7) is 6.00. The summed E-state index contributed by atoms with van der Waals surface area (Å²) in [5.74, 6) is 0.396. The number of carbonyl (C=O) groups excluding carboxylic acids is 1. The SMILES string of the molecule is [B]C(C)(O)C(C)N1CCOc2cc(C)c(Cc3ccc(-n4cccn4)cc3)cc2C1=O. The lowest BCUT2D eigenvalue weighted by atomic mass is 9.77. The Morgan fingerprint density at radius 3 is 2.68 bits per heavy atom. The topological polar surface area (TPSA) is 67.6 Å². The first-order valence-electron chi connectivity index (χ1n) is 10.4. The molecule has 1 aliphatic rings. The van der Waals surface area contributed by atoms with Crippen molar-refractivity contribution in [2.24, 2.45) is 0 Å². The van der Waals surface area contributed by atoms with Crippen molar-refractivity contribution in [3.8, 4) is 11.4 Å². The van der Waals surface area contributed by atoms with Crippen molar-refractivity contribution in [3.05, 3.63) is 77.1 Å². The van der Waals surface area contributed by atoms with Crippen LogP contribution in [0.5, 0.6) is 5.75 Å². The second kappa shape index (κ2) is 8.23. The average Bonchev–Trinajstić information content (AvgIpc) is 3.22. The predicted octanol–water partition coefficient (Wildman–Crippen LogP) is 2.87. The van der Waals surface area contributed by atoms with Crippen molar-refractivity contribution in [2.45, 2.75) is 38.7 Å². The first-order chi connectivity index (χ1) is 14.7. The van der Waals surface area contributed by atoms with Crippen molar-refractivity contribution in [2.75, 3.05) is 13.2 Å². The number of amides is 1. The maximum atomic E-state index is 13.3. The number of rotatable bonds is 5. The quantitative estimate of drug-likeness (QED) is 0.651. The molecule has 1 aliphatic heterocycles. The average molecular weight is 415 g/mol. The van der Waals surface area contributed by atoms with Gasteiger partial charge in [-0.2, -0.15) is 5.10 Å². The summed E-state index contributed by atoms with van der Waals surface area (Å²) in [5, 5.41) is 14.5. The van der Waals surface area contributed by atoms with E-state index < -0.39 is 11.5 Å². The van der Waals surface area contributed by atoms with Crippen LogP contribution >= 0.6 is 0 Å². The zero-order valence-corrected chi connectivity index (χ0v) is 18.1. The highest BCUT2D eigenvalue weighted by Crippen LogP contribution is 2.30. The minimum atomic E-state index is -1.50. The fourth-order valence-electron chi connectivity index (χ4n) is 3.81. The first kappa shape index (κ1) is 21.2. The lowest BCUT2D eigenvalue weighted by Crippen LogP contribution is -2.52. The minimum Gasteiger partial charge on any atom is -0.491 e. The predicted molar refractivity (Wildman–Crippen MR) is 120 cm³/mol. The van der Waals surface area contributed by atoms with Crippen LogP contribution in [0.25, 0.3) is 5.69 Å². The van der Waals surface area contributed by atoms with E-state index in [1.165, 1.54) is 6.92 Å². The van der Waals surface area contributed by atoms with Gasteiger partial charge in [0.15, 0.2) is 0 Å². The maximum Gasteiger partial charge on any atom is 0.258 e. The second-order valence-corrected chi connectivity index (χ2v) is 8.32. The van der Waals surface area contributed by atoms with Gasteiger partial charge in [0, 0.05) is 23.9 Å². The fourth-order valence-corrected chi connectivity index (χ4v) is 3.81. The molecule has 31 heavy (non-hydrogen) atoms. The van der Waals surface area contributed by atoms with E-state index in [-0.39, 0.29) is 5.91 Å². The third-order valence-corrected chi connectivity index (χ3v) is 5.93. The van der Waals surface area contributed by atoms with E-state index in [0.29, 0.717) is 30.9 Å². The summed E-state index contributed by atoms with van der Waals surface area (Å²) in [7, 11) is 5.86. The third kappa shape index (κ3) is 4.37. The van der Waals surface area contributed by atoms with Gasteiger partial charge >= 0.3 is 0 Å². The number of fused-ring (bicyclic) bond motifs is 1. The molecule has 1 N–H and O–H groups in total. The molecule has 2 radical (unpaired) electrons. The van der Waals surface area contributed by atoms with Gasteiger partial charge in [0.25, 0.3) is 5.91 Å². The van der Waals surface area contributed by atoms with Crippen LogP contribution in [0.2, 0.25) is 0 Å². The smallest absolute Gasteiger partial charge is 0.258 e. The number of aliphatic hydroxyl groups is 1. The highest BCUT2D eigenvalue weighted by Gasteiger charge is 2.34. The molecule has 4 rings (SSSR count). The second-order valence-electron chi connectivity index (χ2n) is 8.32. The molecular formula is C24H26BN3O3. The van der Waals surface area contributed by atoms with Gasteiger partial charge in [-0.05, 0) is 74.2 Å². The van der Waals surface area contributed by atoms with Crippen LogP contribution in [0.1, 0.15) is 40.9 Å². The zero-order valence-electron chi connectivity index (χ0n) is 18.1. The molecule has 2 heterocycles.